The highest BCUT2D eigenvalue weighted by molar-refractivity contribution is 5.93. The number of aromatic nitrogens is 1. The maximum absolute atomic E-state index is 12.2. The molecule has 1 N–H and O–H groups in total. The number of carbonyl (C=O) groups is 2. The number of rotatable bonds is 6. The monoisotopic (exact) mass is 315 g/mol. The fourth-order valence-electron chi connectivity index (χ4n) is 2.23. The predicted molar refractivity (Wildman–Crippen MR) is 87.0 cm³/mol. The van der Waals surface area contributed by atoms with Crippen LogP contribution in [0, 0.1) is 6.92 Å². The Morgan fingerprint density at radius 2 is 2.00 bits per heavy atom. The number of benzene rings is 1. The SMILES string of the molecule is Cc1cc(NC(=O)CN(C)C(=O)CC(C)c2ccccc2)no1. The number of likely N-dealkylation sites (N-methyl/N-ethyl adjacent to an activating group) is 1. The van der Waals surface area contributed by atoms with Crippen molar-refractivity contribution in [2.75, 3.05) is 18.9 Å². The van der Waals surface area contributed by atoms with E-state index in [0.717, 1.165) is 5.56 Å². The molecule has 1 aromatic heterocycles. The van der Waals surface area contributed by atoms with Gasteiger partial charge in [0.15, 0.2) is 5.82 Å². The second-order valence-corrected chi connectivity index (χ2v) is 5.64. The summed E-state index contributed by atoms with van der Waals surface area (Å²) in [6, 6.07) is 11.5. The highest BCUT2D eigenvalue weighted by atomic mass is 16.5. The maximum Gasteiger partial charge on any atom is 0.245 e. The van der Waals surface area contributed by atoms with Gasteiger partial charge in [0.1, 0.15) is 5.76 Å². The van der Waals surface area contributed by atoms with Gasteiger partial charge >= 0.3 is 0 Å². The van der Waals surface area contributed by atoms with Gasteiger partial charge in [-0.2, -0.15) is 0 Å². The van der Waals surface area contributed by atoms with Crippen LogP contribution in [0.15, 0.2) is 40.9 Å². The number of amides is 2. The molecule has 2 rings (SSSR count). The first-order chi connectivity index (χ1) is 11.0. The van der Waals surface area contributed by atoms with Crippen LogP contribution < -0.4 is 5.32 Å². The van der Waals surface area contributed by atoms with Crippen LogP contribution in [0.1, 0.15) is 30.6 Å². The van der Waals surface area contributed by atoms with Crippen LogP contribution in [0.2, 0.25) is 0 Å². The Hall–Kier alpha value is -2.63. The third kappa shape index (κ3) is 4.95. The molecule has 0 bridgehead atoms. The Labute approximate surface area is 135 Å². The molecular weight excluding hydrogens is 294 g/mol. The van der Waals surface area contributed by atoms with Crippen molar-refractivity contribution in [1.82, 2.24) is 10.1 Å². The molecule has 0 aliphatic rings. The number of nitrogens with one attached hydrogen (secondary N) is 1. The van der Waals surface area contributed by atoms with Crippen LogP contribution >= 0.6 is 0 Å². The highest BCUT2D eigenvalue weighted by Crippen LogP contribution is 2.19. The molecule has 0 saturated carbocycles. The van der Waals surface area contributed by atoms with E-state index in [4.69, 9.17) is 4.52 Å². The van der Waals surface area contributed by atoms with Gasteiger partial charge in [0, 0.05) is 19.5 Å². The maximum atomic E-state index is 12.2. The van der Waals surface area contributed by atoms with Crippen LogP contribution in [0.3, 0.4) is 0 Å². The average Bonchev–Trinajstić information content (AvgIpc) is 2.92. The number of aryl methyl sites for hydroxylation is 1. The van der Waals surface area contributed by atoms with Gasteiger partial charge < -0.3 is 14.7 Å². The van der Waals surface area contributed by atoms with E-state index in [-0.39, 0.29) is 24.3 Å². The van der Waals surface area contributed by atoms with E-state index in [2.05, 4.69) is 10.5 Å². The second kappa shape index (κ2) is 7.58. The van der Waals surface area contributed by atoms with E-state index in [0.29, 0.717) is 18.0 Å². The molecule has 2 aromatic rings. The third-order valence-corrected chi connectivity index (χ3v) is 3.55. The number of hydrogen-bond acceptors (Lipinski definition) is 4. The quantitative estimate of drug-likeness (QED) is 0.889. The summed E-state index contributed by atoms with van der Waals surface area (Å²) < 4.78 is 4.87. The summed E-state index contributed by atoms with van der Waals surface area (Å²) in [6.07, 6.45) is 0.358. The lowest BCUT2D eigenvalue weighted by Crippen LogP contribution is -2.35. The molecule has 1 atom stereocenters. The Morgan fingerprint density at radius 3 is 2.61 bits per heavy atom. The summed E-state index contributed by atoms with van der Waals surface area (Å²) in [4.78, 5) is 25.6. The lowest BCUT2D eigenvalue weighted by Gasteiger charge is -2.19. The van der Waals surface area contributed by atoms with Gasteiger partial charge in [0.25, 0.3) is 0 Å². The molecule has 6 nitrogen and oxygen atoms in total. The predicted octanol–water partition coefficient (Wildman–Crippen LogP) is 2.57. The van der Waals surface area contributed by atoms with E-state index >= 15 is 0 Å². The molecule has 2 amide bonds. The molecule has 1 aromatic carbocycles. The van der Waals surface area contributed by atoms with Gasteiger partial charge in [-0.25, -0.2) is 0 Å². The molecule has 0 saturated heterocycles. The molecule has 0 aliphatic heterocycles. The van der Waals surface area contributed by atoms with Crippen LogP contribution in [-0.4, -0.2) is 35.5 Å². The zero-order valence-electron chi connectivity index (χ0n) is 13.6. The zero-order chi connectivity index (χ0) is 16.8. The number of carbonyl (C=O) groups excluding carboxylic acids is 2. The van der Waals surface area contributed by atoms with Gasteiger partial charge in [-0.1, -0.05) is 42.4 Å². The topological polar surface area (TPSA) is 75.4 Å². The second-order valence-electron chi connectivity index (χ2n) is 5.64. The molecule has 6 heteroatoms. The van der Waals surface area contributed by atoms with Crippen LogP contribution in [0.4, 0.5) is 5.82 Å². The largest absolute Gasteiger partial charge is 0.360 e. The lowest BCUT2D eigenvalue weighted by atomic mass is 9.97. The summed E-state index contributed by atoms with van der Waals surface area (Å²) in [7, 11) is 1.62. The summed E-state index contributed by atoms with van der Waals surface area (Å²) in [6.45, 7) is 3.72. The first-order valence-corrected chi connectivity index (χ1v) is 7.48. The fraction of sp³-hybridized carbons (Fsp3) is 0.353. The Kier molecular flexibility index (Phi) is 5.51. The van der Waals surface area contributed by atoms with E-state index < -0.39 is 0 Å². The minimum atomic E-state index is -0.304. The Balaban J connectivity index is 1.83. The summed E-state index contributed by atoms with van der Waals surface area (Å²) in [5.41, 5.74) is 1.11. The van der Waals surface area contributed by atoms with Crippen molar-refractivity contribution in [2.24, 2.45) is 0 Å². The molecule has 1 unspecified atom stereocenters. The Bertz CT molecular complexity index is 667. The highest BCUT2D eigenvalue weighted by Gasteiger charge is 2.17. The molecule has 0 aliphatic carbocycles. The molecule has 23 heavy (non-hydrogen) atoms. The van der Waals surface area contributed by atoms with Crippen molar-refractivity contribution in [1.29, 1.82) is 0 Å². The molecule has 0 radical (unpaired) electrons. The summed E-state index contributed by atoms with van der Waals surface area (Å²) >= 11 is 0. The minimum absolute atomic E-state index is 0.0216. The van der Waals surface area contributed by atoms with Crippen LogP contribution in [0.25, 0.3) is 0 Å². The van der Waals surface area contributed by atoms with E-state index in [1.165, 1.54) is 4.90 Å². The molecule has 0 spiro atoms. The summed E-state index contributed by atoms with van der Waals surface area (Å²) in [5, 5.41) is 6.28. The van der Waals surface area contributed by atoms with Crippen molar-refractivity contribution in [3.8, 4) is 0 Å². The van der Waals surface area contributed by atoms with Crippen molar-refractivity contribution >= 4 is 17.6 Å². The molecule has 1 heterocycles. The van der Waals surface area contributed by atoms with Crippen LogP contribution in [-0.2, 0) is 9.59 Å². The van der Waals surface area contributed by atoms with Gasteiger partial charge in [-0.05, 0) is 18.4 Å². The van der Waals surface area contributed by atoms with Gasteiger partial charge in [-0.3, -0.25) is 9.59 Å². The van der Waals surface area contributed by atoms with E-state index in [9.17, 15) is 9.59 Å². The van der Waals surface area contributed by atoms with Crippen molar-refractivity contribution < 1.29 is 14.1 Å². The average molecular weight is 315 g/mol. The van der Waals surface area contributed by atoms with Gasteiger partial charge in [-0.15, -0.1) is 0 Å². The van der Waals surface area contributed by atoms with Crippen LogP contribution in [0.5, 0.6) is 0 Å². The number of nitrogens with zero attached hydrogens (tertiary/aromatic N) is 2. The summed E-state index contributed by atoms with van der Waals surface area (Å²) in [5.74, 6) is 0.689. The zero-order valence-corrected chi connectivity index (χ0v) is 13.6. The molecule has 122 valence electrons. The van der Waals surface area contributed by atoms with Crippen molar-refractivity contribution in [3.63, 3.8) is 0 Å². The van der Waals surface area contributed by atoms with E-state index in [1.54, 1.807) is 20.0 Å². The van der Waals surface area contributed by atoms with Crippen molar-refractivity contribution in [3.05, 3.63) is 47.7 Å². The van der Waals surface area contributed by atoms with E-state index in [1.807, 2.05) is 37.3 Å². The van der Waals surface area contributed by atoms with Gasteiger partial charge in [0.2, 0.25) is 11.8 Å². The first-order valence-electron chi connectivity index (χ1n) is 7.48. The number of hydrogen-bond donors (Lipinski definition) is 1. The minimum Gasteiger partial charge on any atom is -0.360 e. The molecule has 0 fully saturated rings. The van der Waals surface area contributed by atoms with Crippen molar-refractivity contribution in [2.45, 2.75) is 26.2 Å². The molecular formula is C17H21N3O3. The smallest absolute Gasteiger partial charge is 0.245 e. The first kappa shape index (κ1) is 16.7. The fourth-order valence-corrected chi connectivity index (χ4v) is 2.23. The van der Waals surface area contributed by atoms with Gasteiger partial charge in [0.05, 0.1) is 6.54 Å². The Morgan fingerprint density at radius 1 is 1.30 bits per heavy atom. The third-order valence-electron chi connectivity index (χ3n) is 3.55. The standard InChI is InChI=1S/C17H21N3O3/c1-12(14-7-5-4-6-8-14)9-17(22)20(3)11-16(21)18-15-10-13(2)23-19-15/h4-8,10,12H,9,11H2,1-3H3,(H,18,19,21). The normalized spacial score (nSPS) is 11.8. The number of anilines is 1. The lowest BCUT2D eigenvalue weighted by molar-refractivity contribution is -0.133.